The van der Waals surface area contributed by atoms with Gasteiger partial charge in [0.15, 0.2) is 0 Å². The molecule has 53 valence electrons. The van der Waals surface area contributed by atoms with Gasteiger partial charge < -0.3 is 0 Å². The molecule has 0 aliphatic rings. The number of hydrogen-bond donors (Lipinski definition) is 1. The molecule has 0 rings (SSSR count). The van der Waals surface area contributed by atoms with Crippen LogP contribution in [-0.4, -0.2) is 36.3 Å². The molecule has 0 amide bonds. The molecule has 1 N–H and O–H groups in total. The van der Waals surface area contributed by atoms with Gasteiger partial charge in [-0.1, -0.05) is 0 Å². The Morgan fingerprint density at radius 2 is 2.11 bits per heavy atom. The summed E-state index contributed by atoms with van der Waals surface area (Å²) >= 11 is 5.71. The summed E-state index contributed by atoms with van der Waals surface area (Å²) < 4.78 is 4.19. The van der Waals surface area contributed by atoms with E-state index < -0.39 is 0 Å². The average Bonchev–Trinajstić information content (AvgIpc) is 1.89. The molecule has 0 spiro atoms. The molecule has 0 aliphatic carbocycles. The molecule has 1 nitrogen and oxygen atoms in total. The molecule has 1 radical (unpaired) electrons. The molecule has 0 aliphatic heterocycles. The average molecular weight is 256 g/mol. The van der Waals surface area contributed by atoms with Gasteiger partial charge in [0.1, 0.15) is 0 Å². The monoisotopic (exact) mass is 258 g/mol. The summed E-state index contributed by atoms with van der Waals surface area (Å²) in [5.74, 6) is 0. The molecule has 9 heavy (non-hydrogen) atoms. The minimum atomic E-state index is 1.15. The van der Waals surface area contributed by atoms with E-state index in [1.165, 1.54) is 23.8 Å². The molecular weight excluding hydrogens is 244 g/mol. The van der Waals surface area contributed by atoms with Crippen LogP contribution < -0.4 is 4.33 Å². The molecule has 0 fully saturated rings. The van der Waals surface area contributed by atoms with Crippen LogP contribution in [0.2, 0.25) is 0 Å². The van der Waals surface area contributed by atoms with Crippen LogP contribution in [0.25, 0.3) is 0 Å². The molecule has 3 heteroatoms. The third-order valence-corrected chi connectivity index (χ3v) is 2.94. The van der Waals surface area contributed by atoms with Crippen LogP contribution in [-0.2, 0) is 0 Å². The standard InChI is InChI=1S/C6H12NSe2/c1-2-3-4-5-6(8)7-9/h2-5H2,1H3,(H,7,8). The van der Waals surface area contributed by atoms with Crippen molar-refractivity contribution in [2.75, 3.05) is 0 Å². The van der Waals surface area contributed by atoms with E-state index >= 15 is 0 Å². The van der Waals surface area contributed by atoms with E-state index in [4.69, 9.17) is 0 Å². The van der Waals surface area contributed by atoms with Crippen LogP contribution in [0.4, 0.5) is 0 Å². The number of nitrogens with one attached hydrogen (secondary N) is 1. The van der Waals surface area contributed by atoms with Crippen molar-refractivity contribution in [3.8, 4) is 0 Å². The maximum absolute atomic E-state index is 2.96. The molecule has 0 bridgehead atoms. The molecule has 0 aromatic carbocycles. The van der Waals surface area contributed by atoms with E-state index in [0.717, 1.165) is 6.42 Å². The quantitative estimate of drug-likeness (QED) is 0.559. The molecule has 0 saturated heterocycles. The van der Waals surface area contributed by atoms with Gasteiger partial charge in [0.25, 0.3) is 0 Å². The van der Waals surface area contributed by atoms with E-state index in [0.29, 0.717) is 0 Å². The molecule has 0 atom stereocenters. The molecule has 0 saturated carbocycles. The second-order valence-electron chi connectivity index (χ2n) is 1.98. The van der Waals surface area contributed by atoms with Crippen molar-refractivity contribution in [2.45, 2.75) is 32.6 Å². The summed E-state index contributed by atoms with van der Waals surface area (Å²) in [6.07, 6.45) is 5.06. The van der Waals surface area contributed by atoms with Crippen LogP contribution in [0.1, 0.15) is 32.6 Å². The Kier molecular flexibility index (Phi) is 7.36. The first kappa shape index (κ1) is 9.71. The Hall–Kier alpha value is 0.709. The SMILES string of the molecule is CCCCCC(=[Se])N[Se]. The van der Waals surface area contributed by atoms with Gasteiger partial charge in [0, 0.05) is 0 Å². The van der Waals surface area contributed by atoms with Gasteiger partial charge in [-0.15, -0.1) is 0 Å². The van der Waals surface area contributed by atoms with Crippen LogP contribution in [0.15, 0.2) is 0 Å². The molecule has 0 unspecified atom stereocenters. The van der Waals surface area contributed by atoms with E-state index in [9.17, 15) is 0 Å². The van der Waals surface area contributed by atoms with E-state index in [2.05, 4.69) is 43.1 Å². The van der Waals surface area contributed by atoms with Crippen molar-refractivity contribution in [1.29, 1.82) is 0 Å². The number of unbranched alkanes of at least 4 members (excludes halogenated alkanes) is 2. The van der Waals surface area contributed by atoms with Crippen molar-refractivity contribution >= 4 is 36.3 Å². The number of hydrogen-bond acceptors (Lipinski definition) is 1. The Morgan fingerprint density at radius 1 is 1.44 bits per heavy atom. The second-order valence-corrected chi connectivity index (χ2v) is 3.44. The predicted molar refractivity (Wildman–Crippen MR) is 43.8 cm³/mol. The molecule has 0 heterocycles. The molecule has 0 aromatic rings. The summed E-state index contributed by atoms with van der Waals surface area (Å²) in [4.78, 5) is 0. The van der Waals surface area contributed by atoms with Crippen molar-refractivity contribution in [1.82, 2.24) is 4.33 Å². The summed E-state index contributed by atoms with van der Waals surface area (Å²) in [5, 5.41) is 0. The first-order valence-corrected chi connectivity index (χ1v) is 4.93. The third kappa shape index (κ3) is 6.60. The van der Waals surface area contributed by atoms with Crippen LogP contribution in [0, 0.1) is 0 Å². The summed E-state index contributed by atoms with van der Waals surface area (Å²) in [6, 6.07) is 0. The van der Waals surface area contributed by atoms with Gasteiger partial charge in [-0.25, -0.2) is 0 Å². The normalized spacial score (nSPS) is 9.11. The van der Waals surface area contributed by atoms with Gasteiger partial charge in [-0.3, -0.25) is 0 Å². The Balaban J connectivity index is 2.97. The van der Waals surface area contributed by atoms with Crippen molar-refractivity contribution in [3.63, 3.8) is 0 Å². The fraction of sp³-hybridized carbons (Fsp3) is 0.833. The maximum atomic E-state index is 2.96. The topological polar surface area (TPSA) is 12.0 Å². The van der Waals surface area contributed by atoms with E-state index in [1.807, 2.05) is 0 Å². The second kappa shape index (κ2) is 6.82. The van der Waals surface area contributed by atoms with Gasteiger partial charge in [0.05, 0.1) is 0 Å². The fourth-order valence-electron chi connectivity index (χ4n) is 0.587. The van der Waals surface area contributed by atoms with E-state index in [-0.39, 0.29) is 0 Å². The van der Waals surface area contributed by atoms with Gasteiger partial charge in [0.2, 0.25) is 0 Å². The number of rotatable bonds is 5. The van der Waals surface area contributed by atoms with Crippen molar-refractivity contribution in [3.05, 3.63) is 0 Å². The zero-order valence-corrected chi connectivity index (χ0v) is 9.07. The zero-order valence-electron chi connectivity index (χ0n) is 5.64. The van der Waals surface area contributed by atoms with E-state index in [1.54, 1.807) is 0 Å². The molecular formula is C6H12NSe2. The van der Waals surface area contributed by atoms with Gasteiger partial charge in [-0.2, -0.15) is 0 Å². The van der Waals surface area contributed by atoms with Crippen LogP contribution in [0.3, 0.4) is 0 Å². The minimum absolute atomic E-state index is 1.15. The van der Waals surface area contributed by atoms with Gasteiger partial charge in [-0.05, 0) is 0 Å². The van der Waals surface area contributed by atoms with Crippen LogP contribution in [0.5, 0.6) is 0 Å². The third-order valence-electron chi connectivity index (χ3n) is 1.12. The first-order valence-electron chi connectivity index (χ1n) is 3.22. The van der Waals surface area contributed by atoms with Crippen LogP contribution >= 0.6 is 0 Å². The summed E-state index contributed by atoms with van der Waals surface area (Å²) in [5.41, 5.74) is 0. The summed E-state index contributed by atoms with van der Waals surface area (Å²) in [7, 11) is 0. The Morgan fingerprint density at radius 3 is 2.56 bits per heavy atom. The predicted octanol–water partition coefficient (Wildman–Crippen LogP) is 0.538. The van der Waals surface area contributed by atoms with Crippen molar-refractivity contribution in [2.24, 2.45) is 0 Å². The first-order chi connectivity index (χ1) is 4.31. The fourth-order valence-corrected chi connectivity index (χ4v) is 1.10. The zero-order chi connectivity index (χ0) is 7.11. The Bertz CT molecular complexity index is 83.1. The van der Waals surface area contributed by atoms with Crippen molar-refractivity contribution < 1.29 is 0 Å². The Labute approximate surface area is 73.4 Å². The molecule has 0 aromatic heterocycles. The summed E-state index contributed by atoms with van der Waals surface area (Å²) in [6.45, 7) is 2.21. The van der Waals surface area contributed by atoms with Gasteiger partial charge >= 0.3 is 73.3 Å².